The summed E-state index contributed by atoms with van der Waals surface area (Å²) in [4.78, 5) is 44.8. The number of hydrogen-bond acceptors (Lipinski definition) is 6. The van der Waals surface area contributed by atoms with Gasteiger partial charge in [-0.25, -0.2) is 23.1 Å². The Bertz CT molecular complexity index is 2140. The van der Waals surface area contributed by atoms with Crippen molar-refractivity contribution in [2.45, 2.75) is 58.5 Å². The van der Waals surface area contributed by atoms with Crippen molar-refractivity contribution in [2.75, 3.05) is 18.0 Å². The van der Waals surface area contributed by atoms with Crippen molar-refractivity contribution in [1.82, 2.24) is 29.0 Å². The van der Waals surface area contributed by atoms with Crippen LogP contribution in [0, 0.1) is 11.6 Å². The van der Waals surface area contributed by atoms with E-state index in [1.165, 1.54) is 22.8 Å². The number of anilines is 1. The standard InChI is InChI=1S/C36H35F2N7O2/c1-6-29(46)43-18-22(5)44(19-21(43)4)34-25-17-27(38)32-30-23(9-7-11-26(30)37)12-13-24-10-8-16-42(24)28-14-15-39-31(20(2)3)33(28)45(35(25)40-32)36(47)41-34/h6-11,14-17,20-22H,1,12-13,18-19H2,2-5H3/t21-,22+/m1/s1. The highest BCUT2D eigenvalue weighted by atomic mass is 19.1. The van der Waals surface area contributed by atoms with Gasteiger partial charge in [0.25, 0.3) is 0 Å². The Labute approximate surface area is 270 Å². The SMILES string of the molecule is C=CC(=O)N1C[C@H](C)N(c2nc(=O)n3c4nc(c(F)cc24)-c2c(F)cccc2CCc2cccn2-c2ccnc(C(C)C)c2-3)C[C@H]1C. The largest absolute Gasteiger partial charge is 0.355 e. The fourth-order valence-corrected chi connectivity index (χ4v) is 7.01. The molecule has 6 heterocycles. The molecule has 47 heavy (non-hydrogen) atoms. The zero-order valence-electron chi connectivity index (χ0n) is 26.7. The van der Waals surface area contributed by atoms with E-state index in [1.54, 1.807) is 23.2 Å². The van der Waals surface area contributed by atoms with Gasteiger partial charge in [0.15, 0.2) is 5.65 Å². The van der Waals surface area contributed by atoms with Crippen molar-refractivity contribution in [3.8, 4) is 22.6 Å². The van der Waals surface area contributed by atoms with Crippen LogP contribution in [0.15, 0.2) is 72.3 Å². The van der Waals surface area contributed by atoms with E-state index < -0.39 is 17.3 Å². The lowest BCUT2D eigenvalue weighted by Gasteiger charge is -2.44. The Balaban J connectivity index is 1.59. The molecular weight excluding hydrogens is 600 g/mol. The van der Waals surface area contributed by atoms with Crippen molar-refractivity contribution in [3.63, 3.8) is 0 Å². The second kappa shape index (κ2) is 11.6. The van der Waals surface area contributed by atoms with Gasteiger partial charge in [0.05, 0.1) is 22.5 Å². The third-order valence-electron chi connectivity index (χ3n) is 9.30. The molecule has 2 aliphatic heterocycles. The van der Waals surface area contributed by atoms with Crippen molar-refractivity contribution in [3.05, 3.63) is 107 Å². The number of carbonyl (C=O) groups excluding carboxylic acids is 1. The van der Waals surface area contributed by atoms with Crippen LogP contribution in [0.1, 0.15) is 50.6 Å². The Morgan fingerprint density at radius 2 is 1.83 bits per heavy atom. The maximum Gasteiger partial charge on any atom is 0.355 e. The lowest BCUT2D eigenvalue weighted by atomic mass is 9.97. The number of nitrogens with zero attached hydrogens (tertiary/aromatic N) is 7. The first-order valence-electron chi connectivity index (χ1n) is 15.9. The van der Waals surface area contributed by atoms with Gasteiger partial charge in [0.2, 0.25) is 5.91 Å². The third-order valence-corrected chi connectivity index (χ3v) is 9.30. The summed E-state index contributed by atoms with van der Waals surface area (Å²) in [6, 6.07) is 11.3. The van der Waals surface area contributed by atoms with Crippen LogP contribution in [-0.2, 0) is 17.6 Å². The van der Waals surface area contributed by atoms with Crippen LogP contribution in [0.4, 0.5) is 14.6 Å². The van der Waals surface area contributed by atoms with E-state index >= 15 is 8.78 Å². The lowest BCUT2D eigenvalue weighted by Crippen LogP contribution is -2.58. The molecule has 0 spiro atoms. The molecule has 0 saturated carbocycles. The van der Waals surface area contributed by atoms with Gasteiger partial charge >= 0.3 is 5.69 Å². The van der Waals surface area contributed by atoms with Gasteiger partial charge in [-0.2, -0.15) is 4.98 Å². The minimum absolute atomic E-state index is 0.0666. The van der Waals surface area contributed by atoms with Gasteiger partial charge in [-0.1, -0.05) is 32.6 Å². The maximum absolute atomic E-state index is 16.4. The summed E-state index contributed by atoms with van der Waals surface area (Å²) in [6.45, 7) is 12.1. The quantitative estimate of drug-likeness (QED) is 0.235. The van der Waals surface area contributed by atoms with Crippen LogP contribution in [-0.4, -0.2) is 60.1 Å². The average Bonchev–Trinajstić information content (AvgIpc) is 3.52. The highest BCUT2D eigenvalue weighted by Gasteiger charge is 2.34. The van der Waals surface area contributed by atoms with Crippen LogP contribution >= 0.6 is 0 Å². The van der Waals surface area contributed by atoms with Crippen LogP contribution < -0.4 is 10.6 Å². The summed E-state index contributed by atoms with van der Waals surface area (Å²) < 4.78 is 35.5. The van der Waals surface area contributed by atoms with E-state index in [-0.39, 0.29) is 46.6 Å². The molecule has 2 bridgehead atoms. The summed E-state index contributed by atoms with van der Waals surface area (Å²) in [7, 11) is 0. The number of rotatable bonds is 3. The number of pyridine rings is 2. The number of aromatic nitrogens is 5. The summed E-state index contributed by atoms with van der Waals surface area (Å²) in [5.41, 5.74) is 2.76. The van der Waals surface area contributed by atoms with Gasteiger partial charge in [0.1, 0.15) is 23.1 Å². The highest BCUT2D eigenvalue weighted by Crippen LogP contribution is 2.37. The first kappa shape index (κ1) is 30.5. The van der Waals surface area contributed by atoms with E-state index in [4.69, 9.17) is 9.97 Å². The molecule has 240 valence electrons. The van der Waals surface area contributed by atoms with Crippen LogP contribution in [0.25, 0.3) is 33.7 Å². The number of halogens is 2. The molecule has 7 rings (SSSR count). The van der Waals surface area contributed by atoms with E-state index in [1.807, 2.05) is 61.6 Å². The molecule has 11 heteroatoms. The Kier molecular flexibility index (Phi) is 7.49. The zero-order valence-corrected chi connectivity index (χ0v) is 26.7. The molecule has 1 aromatic carbocycles. The second-order valence-corrected chi connectivity index (χ2v) is 12.7. The smallest absolute Gasteiger partial charge is 0.349 e. The van der Waals surface area contributed by atoms with Gasteiger partial charge < -0.3 is 14.4 Å². The molecule has 5 aromatic rings. The van der Waals surface area contributed by atoms with E-state index in [2.05, 4.69) is 11.6 Å². The fourth-order valence-electron chi connectivity index (χ4n) is 7.01. The van der Waals surface area contributed by atoms with E-state index in [0.717, 1.165) is 5.69 Å². The predicted molar refractivity (Wildman–Crippen MR) is 177 cm³/mol. The lowest BCUT2D eigenvalue weighted by molar-refractivity contribution is -0.128. The van der Waals surface area contributed by atoms with Gasteiger partial charge in [0, 0.05) is 48.8 Å². The number of benzene rings is 1. The van der Waals surface area contributed by atoms with Crippen LogP contribution in [0.5, 0.6) is 0 Å². The van der Waals surface area contributed by atoms with Crippen LogP contribution in [0.3, 0.4) is 0 Å². The molecular formula is C36H35F2N7O2. The van der Waals surface area contributed by atoms with Crippen molar-refractivity contribution in [1.29, 1.82) is 0 Å². The normalized spacial score (nSPS) is 17.6. The van der Waals surface area contributed by atoms with Gasteiger partial charge in [-0.3, -0.25) is 9.78 Å². The third kappa shape index (κ3) is 4.92. The van der Waals surface area contributed by atoms with E-state index in [0.29, 0.717) is 53.9 Å². The number of carbonyl (C=O) groups is 1. The molecule has 0 aliphatic carbocycles. The monoisotopic (exact) mass is 635 g/mol. The molecule has 4 aromatic heterocycles. The molecule has 2 aliphatic rings. The highest BCUT2D eigenvalue weighted by molar-refractivity contribution is 5.92. The molecule has 0 radical (unpaired) electrons. The molecule has 1 fully saturated rings. The number of fused-ring (bicyclic) bond motifs is 7. The number of aryl methyl sites for hydroxylation is 2. The fraction of sp³-hybridized carbons (Fsp3) is 0.306. The number of hydrogen-bond donors (Lipinski definition) is 0. The molecule has 9 nitrogen and oxygen atoms in total. The number of amides is 1. The van der Waals surface area contributed by atoms with Gasteiger partial charge in [-0.15, -0.1) is 0 Å². The first-order valence-corrected chi connectivity index (χ1v) is 15.9. The topological polar surface area (TPSA) is 89.2 Å². The van der Waals surface area contributed by atoms with Crippen LogP contribution in [0.2, 0.25) is 0 Å². The number of piperazine rings is 1. The van der Waals surface area contributed by atoms with Crippen molar-refractivity contribution in [2.24, 2.45) is 0 Å². The zero-order chi connectivity index (χ0) is 33.1. The predicted octanol–water partition coefficient (Wildman–Crippen LogP) is 5.75. The molecule has 0 N–H and O–H groups in total. The molecule has 2 atom stereocenters. The minimum atomic E-state index is -0.728. The molecule has 0 unspecified atom stereocenters. The summed E-state index contributed by atoms with van der Waals surface area (Å²) >= 11 is 0. The Morgan fingerprint density at radius 1 is 1.02 bits per heavy atom. The summed E-state index contributed by atoms with van der Waals surface area (Å²) in [5, 5.41) is 0.292. The molecule has 1 amide bonds. The maximum atomic E-state index is 16.4. The second-order valence-electron chi connectivity index (χ2n) is 12.7. The summed E-state index contributed by atoms with van der Waals surface area (Å²) in [5.74, 6) is -1.36. The minimum Gasteiger partial charge on any atom is -0.349 e. The van der Waals surface area contributed by atoms with Crippen molar-refractivity contribution < 1.29 is 13.6 Å². The van der Waals surface area contributed by atoms with Crippen molar-refractivity contribution >= 4 is 22.8 Å². The Hall–Kier alpha value is -5.19. The summed E-state index contributed by atoms with van der Waals surface area (Å²) in [6.07, 6.45) is 5.90. The molecule has 1 saturated heterocycles. The average molecular weight is 636 g/mol. The first-order chi connectivity index (χ1) is 22.6. The van der Waals surface area contributed by atoms with Gasteiger partial charge in [-0.05, 0) is 74.6 Å². The Morgan fingerprint density at radius 3 is 2.60 bits per heavy atom. The van der Waals surface area contributed by atoms with E-state index in [9.17, 15) is 9.59 Å².